The fourth-order valence-corrected chi connectivity index (χ4v) is 2.22. The number of carboxylic acid groups (broad SMARTS) is 2. The summed E-state index contributed by atoms with van der Waals surface area (Å²) in [4.78, 5) is 23.4. The van der Waals surface area contributed by atoms with E-state index in [9.17, 15) is 19.8 Å². The van der Waals surface area contributed by atoms with E-state index in [1.807, 2.05) is 0 Å². The second-order valence-corrected chi connectivity index (χ2v) is 4.54. The molecule has 0 aromatic heterocycles. The topological polar surface area (TPSA) is 74.6 Å². The van der Waals surface area contributed by atoms with Crippen molar-refractivity contribution in [1.82, 2.24) is 0 Å². The van der Waals surface area contributed by atoms with Gasteiger partial charge < -0.3 is 10.2 Å². The summed E-state index contributed by atoms with van der Waals surface area (Å²) in [7, 11) is 0. The molecule has 0 aliphatic rings. The summed E-state index contributed by atoms with van der Waals surface area (Å²) in [5.74, 6) is -2.72. The minimum Gasteiger partial charge on any atom is -0.480 e. The van der Waals surface area contributed by atoms with Gasteiger partial charge in [0.15, 0.2) is 5.41 Å². The Kier molecular flexibility index (Phi) is 5.50. The molecule has 0 saturated carbocycles. The highest BCUT2D eigenvalue weighted by Crippen LogP contribution is 2.29. The van der Waals surface area contributed by atoms with Crippen LogP contribution in [0.4, 0.5) is 0 Å². The fourth-order valence-electron chi connectivity index (χ4n) is 2.22. The number of carbonyl (C=O) groups is 2. The van der Waals surface area contributed by atoms with Crippen molar-refractivity contribution in [3.8, 4) is 0 Å². The largest absolute Gasteiger partial charge is 0.480 e. The Bertz CT molecular complexity index is 597. The van der Waals surface area contributed by atoms with Crippen molar-refractivity contribution in [2.45, 2.75) is 11.8 Å². The van der Waals surface area contributed by atoms with Gasteiger partial charge in [0.25, 0.3) is 0 Å². The van der Waals surface area contributed by atoms with Crippen molar-refractivity contribution in [3.05, 3.63) is 71.8 Å². The second kappa shape index (κ2) is 6.90. The molecule has 0 fully saturated rings. The maximum absolute atomic E-state index is 11.7. The van der Waals surface area contributed by atoms with E-state index in [1.165, 1.54) is 12.1 Å². The molecule has 0 bridgehead atoms. The number of halogens is 1. The summed E-state index contributed by atoms with van der Waals surface area (Å²) in [6, 6.07) is 16.8. The SMILES string of the molecule is Cl.O=C(O)C(Cc1ccccc1)(C(=O)O)c1ccccc1. The van der Waals surface area contributed by atoms with Crippen LogP contribution in [0.1, 0.15) is 11.1 Å². The Morgan fingerprint density at radius 2 is 1.24 bits per heavy atom. The van der Waals surface area contributed by atoms with E-state index in [-0.39, 0.29) is 24.4 Å². The Hall–Kier alpha value is -2.33. The highest BCUT2D eigenvalue weighted by molar-refractivity contribution is 6.05. The molecule has 0 aliphatic carbocycles. The number of aliphatic carboxylic acids is 2. The zero-order valence-corrected chi connectivity index (χ0v) is 11.9. The van der Waals surface area contributed by atoms with Crippen LogP contribution < -0.4 is 0 Å². The fraction of sp³-hybridized carbons (Fsp3) is 0.125. The van der Waals surface area contributed by atoms with Gasteiger partial charge >= 0.3 is 11.9 Å². The lowest BCUT2D eigenvalue weighted by molar-refractivity contribution is -0.157. The van der Waals surface area contributed by atoms with E-state index in [0.29, 0.717) is 5.56 Å². The first-order valence-electron chi connectivity index (χ1n) is 6.13. The molecule has 0 aliphatic heterocycles. The molecule has 2 rings (SSSR count). The Balaban J connectivity index is 0.00000220. The highest BCUT2D eigenvalue weighted by atomic mass is 35.5. The third-order valence-electron chi connectivity index (χ3n) is 3.31. The molecule has 0 amide bonds. The molecule has 4 nitrogen and oxygen atoms in total. The molecule has 2 N–H and O–H groups in total. The summed E-state index contributed by atoms with van der Waals surface area (Å²) in [5.41, 5.74) is -1.03. The van der Waals surface area contributed by atoms with Gasteiger partial charge in [0.05, 0.1) is 0 Å². The first-order valence-corrected chi connectivity index (χ1v) is 6.13. The van der Waals surface area contributed by atoms with Gasteiger partial charge in [-0.25, -0.2) is 0 Å². The Morgan fingerprint density at radius 3 is 1.67 bits per heavy atom. The van der Waals surface area contributed by atoms with Crippen molar-refractivity contribution < 1.29 is 19.8 Å². The highest BCUT2D eigenvalue weighted by Gasteiger charge is 2.48. The van der Waals surface area contributed by atoms with Crippen molar-refractivity contribution >= 4 is 24.3 Å². The average molecular weight is 307 g/mol. The number of carboxylic acids is 2. The first-order chi connectivity index (χ1) is 9.57. The number of rotatable bonds is 5. The van der Waals surface area contributed by atoms with E-state index >= 15 is 0 Å². The van der Waals surface area contributed by atoms with E-state index < -0.39 is 17.4 Å². The predicted molar refractivity (Wildman–Crippen MR) is 80.8 cm³/mol. The van der Waals surface area contributed by atoms with E-state index in [1.54, 1.807) is 48.5 Å². The van der Waals surface area contributed by atoms with Crippen LogP contribution in [-0.2, 0) is 21.4 Å². The van der Waals surface area contributed by atoms with Crippen molar-refractivity contribution in [2.75, 3.05) is 0 Å². The zero-order valence-electron chi connectivity index (χ0n) is 11.1. The van der Waals surface area contributed by atoms with Gasteiger partial charge in [0.2, 0.25) is 0 Å². The van der Waals surface area contributed by atoms with Gasteiger partial charge in [-0.15, -0.1) is 12.4 Å². The molecule has 2 aromatic rings. The van der Waals surface area contributed by atoms with Gasteiger partial charge in [-0.1, -0.05) is 60.7 Å². The van der Waals surface area contributed by atoms with Gasteiger partial charge in [0, 0.05) is 6.42 Å². The van der Waals surface area contributed by atoms with Crippen molar-refractivity contribution in [3.63, 3.8) is 0 Å². The van der Waals surface area contributed by atoms with Crippen molar-refractivity contribution in [2.24, 2.45) is 0 Å². The van der Waals surface area contributed by atoms with Crippen molar-refractivity contribution in [1.29, 1.82) is 0 Å². The van der Waals surface area contributed by atoms with Crippen LogP contribution in [0, 0.1) is 0 Å². The molecule has 0 atom stereocenters. The third kappa shape index (κ3) is 3.23. The lowest BCUT2D eigenvalue weighted by atomic mass is 9.75. The summed E-state index contributed by atoms with van der Waals surface area (Å²) in [6.07, 6.45) is -0.0947. The maximum atomic E-state index is 11.7. The normalized spacial score (nSPS) is 10.5. The summed E-state index contributed by atoms with van der Waals surface area (Å²) in [6.45, 7) is 0. The number of benzene rings is 2. The maximum Gasteiger partial charge on any atom is 0.325 e. The van der Waals surface area contributed by atoms with E-state index in [2.05, 4.69) is 0 Å². The van der Waals surface area contributed by atoms with Gasteiger partial charge in [-0.05, 0) is 11.1 Å². The molecule has 0 unspecified atom stereocenters. The monoisotopic (exact) mass is 306 g/mol. The molecule has 110 valence electrons. The smallest absolute Gasteiger partial charge is 0.325 e. The Morgan fingerprint density at radius 1 is 0.810 bits per heavy atom. The average Bonchev–Trinajstić information content (AvgIpc) is 2.46. The molecule has 0 saturated heterocycles. The Labute approximate surface area is 128 Å². The third-order valence-corrected chi connectivity index (χ3v) is 3.31. The van der Waals surface area contributed by atoms with Gasteiger partial charge in [-0.2, -0.15) is 0 Å². The number of hydrogen-bond donors (Lipinski definition) is 2. The molecule has 21 heavy (non-hydrogen) atoms. The standard InChI is InChI=1S/C16H14O4.ClH/c17-14(18)16(15(19)20,13-9-5-2-6-10-13)11-12-7-3-1-4-8-12;/h1-10H,11H2,(H,17,18)(H,19,20);1H. The van der Waals surface area contributed by atoms with E-state index in [4.69, 9.17) is 0 Å². The molecule has 2 aromatic carbocycles. The molecule has 0 radical (unpaired) electrons. The van der Waals surface area contributed by atoms with Gasteiger partial charge in [0.1, 0.15) is 0 Å². The van der Waals surface area contributed by atoms with Crippen LogP contribution in [0.15, 0.2) is 60.7 Å². The predicted octanol–water partition coefficient (Wildman–Crippen LogP) is 2.76. The zero-order chi connectivity index (χ0) is 14.6. The summed E-state index contributed by atoms with van der Waals surface area (Å²) >= 11 is 0. The number of hydrogen-bond acceptors (Lipinski definition) is 2. The lowest BCUT2D eigenvalue weighted by Gasteiger charge is -2.25. The van der Waals surface area contributed by atoms with Crippen LogP contribution in [0.5, 0.6) is 0 Å². The van der Waals surface area contributed by atoms with E-state index in [0.717, 1.165) is 0 Å². The van der Waals surface area contributed by atoms with Crippen LogP contribution in [0.3, 0.4) is 0 Å². The quantitative estimate of drug-likeness (QED) is 0.833. The molecular weight excluding hydrogens is 292 g/mol. The molecule has 5 heteroatoms. The summed E-state index contributed by atoms with van der Waals surface area (Å²) in [5, 5.41) is 19.1. The molecule has 0 heterocycles. The van der Waals surface area contributed by atoms with Gasteiger partial charge in [-0.3, -0.25) is 9.59 Å². The van der Waals surface area contributed by atoms with Crippen LogP contribution in [0.25, 0.3) is 0 Å². The first kappa shape index (κ1) is 16.7. The van der Waals surface area contributed by atoms with Crippen LogP contribution >= 0.6 is 12.4 Å². The summed E-state index contributed by atoms with van der Waals surface area (Å²) < 4.78 is 0. The second-order valence-electron chi connectivity index (χ2n) is 4.54. The van der Waals surface area contributed by atoms with Crippen LogP contribution in [-0.4, -0.2) is 22.2 Å². The molecular formula is C16H15ClO4. The lowest BCUT2D eigenvalue weighted by Crippen LogP contribution is -2.45. The minimum absolute atomic E-state index is 0. The minimum atomic E-state index is -1.97. The molecule has 0 spiro atoms. The van der Waals surface area contributed by atoms with Crippen LogP contribution in [0.2, 0.25) is 0 Å².